The van der Waals surface area contributed by atoms with Gasteiger partial charge in [-0.25, -0.2) is 10.3 Å². The average Bonchev–Trinajstić information content (AvgIpc) is 2.52. The van der Waals surface area contributed by atoms with Gasteiger partial charge in [0.2, 0.25) is 10.3 Å². The number of carbonyl (C=O) groups is 1. The third kappa shape index (κ3) is 3.17. The molecule has 0 aromatic carbocycles. The molecule has 1 heterocycles. The van der Waals surface area contributed by atoms with Gasteiger partial charge < -0.3 is 0 Å². The second-order valence-corrected chi connectivity index (χ2v) is 3.37. The number of anilines is 1. The van der Waals surface area contributed by atoms with Gasteiger partial charge in [-0.05, 0) is 6.26 Å². The Morgan fingerprint density at radius 1 is 1.69 bits per heavy atom. The van der Waals surface area contributed by atoms with Crippen LogP contribution >= 0.6 is 23.3 Å². The quantitative estimate of drug-likeness (QED) is 0.585. The molecule has 0 bridgehead atoms. The van der Waals surface area contributed by atoms with E-state index < -0.39 is 6.03 Å². The summed E-state index contributed by atoms with van der Waals surface area (Å²) in [5.41, 5.74) is 2.10. The molecule has 6 nitrogen and oxygen atoms in total. The Kier molecular flexibility index (Phi) is 3.93. The van der Waals surface area contributed by atoms with E-state index in [1.807, 2.05) is 6.26 Å². The van der Waals surface area contributed by atoms with Crippen LogP contribution in [0.15, 0.2) is 5.16 Å². The highest BCUT2D eigenvalue weighted by Crippen LogP contribution is 2.17. The first kappa shape index (κ1) is 10.2. The van der Waals surface area contributed by atoms with Crippen molar-refractivity contribution in [1.29, 1.82) is 0 Å². The Labute approximate surface area is 83.2 Å². The first-order chi connectivity index (χ1) is 6.26. The van der Waals surface area contributed by atoms with Crippen molar-refractivity contribution in [2.75, 3.05) is 18.7 Å². The summed E-state index contributed by atoms with van der Waals surface area (Å²) < 4.78 is 3.96. The minimum atomic E-state index is -0.466. The van der Waals surface area contributed by atoms with Crippen molar-refractivity contribution in [2.24, 2.45) is 0 Å². The molecule has 0 aliphatic heterocycles. The molecule has 2 amide bonds. The molecule has 0 unspecified atom stereocenters. The van der Waals surface area contributed by atoms with Crippen LogP contribution in [-0.4, -0.2) is 28.8 Å². The van der Waals surface area contributed by atoms with Gasteiger partial charge in [0.05, 0.1) is 7.11 Å². The number of nitrogens with zero attached hydrogens (tertiary/aromatic N) is 2. The van der Waals surface area contributed by atoms with E-state index in [1.165, 1.54) is 18.9 Å². The van der Waals surface area contributed by atoms with Crippen molar-refractivity contribution >= 4 is 34.5 Å². The molecular weight excluding hydrogens is 212 g/mol. The summed E-state index contributed by atoms with van der Waals surface area (Å²) in [7, 11) is 1.35. The van der Waals surface area contributed by atoms with Crippen LogP contribution in [0.5, 0.6) is 0 Å². The Morgan fingerprint density at radius 2 is 2.46 bits per heavy atom. The molecule has 0 radical (unpaired) electrons. The third-order valence-corrected chi connectivity index (χ3v) is 2.30. The number of amides is 2. The lowest BCUT2D eigenvalue weighted by Crippen LogP contribution is -2.27. The summed E-state index contributed by atoms with van der Waals surface area (Å²) in [6.45, 7) is 0. The smallest absolute Gasteiger partial charge is 0.281 e. The average molecular weight is 220 g/mol. The number of carbonyl (C=O) groups excluding carboxylic acids is 1. The van der Waals surface area contributed by atoms with Gasteiger partial charge in [-0.3, -0.25) is 10.2 Å². The summed E-state index contributed by atoms with van der Waals surface area (Å²) in [6.07, 6.45) is 1.86. The molecule has 0 spiro atoms. The highest BCUT2D eigenvalue weighted by Gasteiger charge is 2.05. The molecular formula is C5H8N4O2S2. The number of aromatic nitrogens is 2. The molecule has 1 aromatic rings. The highest BCUT2D eigenvalue weighted by molar-refractivity contribution is 7.98. The van der Waals surface area contributed by atoms with E-state index in [0.29, 0.717) is 10.3 Å². The van der Waals surface area contributed by atoms with Crippen molar-refractivity contribution in [3.8, 4) is 0 Å². The Hall–Kier alpha value is -0.860. The maximum atomic E-state index is 10.9. The molecule has 13 heavy (non-hydrogen) atoms. The van der Waals surface area contributed by atoms with Gasteiger partial charge in [-0.15, -0.1) is 0 Å². The lowest BCUT2D eigenvalue weighted by atomic mass is 11.0. The number of urea groups is 1. The molecule has 0 atom stereocenters. The van der Waals surface area contributed by atoms with Gasteiger partial charge in [0.25, 0.3) is 0 Å². The van der Waals surface area contributed by atoms with Crippen LogP contribution in [0.4, 0.5) is 9.93 Å². The number of nitrogens with one attached hydrogen (secondary N) is 2. The van der Waals surface area contributed by atoms with Crippen LogP contribution in [0.25, 0.3) is 0 Å². The molecule has 1 aromatic heterocycles. The molecule has 0 saturated heterocycles. The number of hydrogen-bond acceptors (Lipinski definition) is 6. The normalized spacial score (nSPS) is 9.69. The predicted octanol–water partition coefficient (Wildman–Crippen LogP) is 0.943. The van der Waals surface area contributed by atoms with Crippen LogP contribution in [0.1, 0.15) is 0 Å². The minimum Gasteiger partial charge on any atom is -0.281 e. The summed E-state index contributed by atoms with van der Waals surface area (Å²) in [6, 6.07) is -0.466. The summed E-state index contributed by atoms with van der Waals surface area (Å²) >= 11 is 2.53. The van der Waals surface area contributed by atoms with Gasteiger partial charge in [-0.1, -0.05) is 11.8 Å². The predicted molar refractivity (Wildman–Crippen MR) is 50.9 cm³/mol. The molecule has 1 rings (SSSR count). The zero-order chi connectivity index (χ0) is 9.68. The van der Waals surface area contributed by atoms with Crippen molar-refractivity contribution in [2.45, 2.75) is 5.16 Å². The van der Waals surface area contributed by atoms with Crippen LogP contribution < -0.4 is 10.8 Å². The zero-order valence-electron chi connectivity index (χ0n) is 7.03. The van der Waals surface area contributed by atoms with Crippen LogP contribution in [-0.2, 0) is 4.84 Å². The van der Waals surface area contributed by atoms with Gasteiger partial charge in [0.1, 0.15) is 0 Å². The highest BCUT2D eigenvalue weighted by atomic mass is 32.2. The van der Waals surface area contributed by atoms with Crippen molar-refractivity contribution < 1.29 is 9.63 Å². The number of rotatable bonds is 3. The lowest BCUT2D eigenvalue weighted by molar-refractivity contribution is 0.114. The molecule has 8 heteroatoms. The fourth-order valence-corrected chi connectivity index (χ4v) is 1.68. The van der Waals surface area contributed by atoms with E-state index in [9.17, 15) is 4.79 Å². The standard InChI is InChI=1S/C5H8N4O2S2/c1-11-8-3(10)6-4-7-5(12-2)9-13-4/h1-2H3,(H2,6,7,8,9,10). The van der Waals surface area contributed by atoms with Gasteiger partial charge in [-0.2, -0.15) is 9.36 Å². The molecule has 2 N–H and O–H groups in total. The number of thioether (sulfide) groups is 1. The molecule has 72 valence electrons. The fourth-order valence-electron chi connectivity index (χ4n) is 0.559. The fraction of sp³-hybridized carbons (Fsp3) is 0.400. The van der Waals surface area contributed by atoms with E-state index in [1.54, 1.807) is 0 Å². The van der Waals surface area contributed by atoms with Crippen molar-refractivity contribution in [3.05, 3.63) is 0 Å². The monoisotopic (exact) mass is 220 g/mol. The van der Waals surface area contributed by atoms with E-state index in [4.69, 9.17) is 0 Å². The van der Waals surface area contributed by atoms with Crippen LogP contribution in [0.3, 0.4) is 0 Å². The van der Waals surface area contributed by atoms with E-state index in [2.05, 4.69) is 25.0 Å². The number of hydroxylamine groups is 1. The van der Waals surface area contributed by atoms with Gasteiger partial charge >= 0.3 is 6.03 Å². The van der Waals surface area contributed by atoms with E-state index in [-0.39, 0.29) is 0 Å². The summed E-state index contributed by atoms with van der Waals surface area (Å²) in [4.78, 5) is 19.3. The van der Waals surface area contributed by atoms with Crippen LogP contribution in [0, 0.1) is 0 Å². The van der Waals surface area contributed by atoms with Gasteiger partial charge in [0, 0.05) is 11.5 Å². The van der Waals surface area contributed by atoms with Crippen molar-refractivity contribution in [3.63, 3.8) is 0 Å². The molecule has 0 aliphatic rings. The largest absolute Gasteiger partial charge is 0.344 e. The summed E-state index contributed by atoms with van der Waals surface area (Å²) in [5.74, 6) is 0. The molecule has 0 saturated carbocycles. The zero-order valence-corrected chi connectivity index (χ0v) is 8.66. The number of hydrogen-bond donors (Lipinski definition) is 2. The Bertz CT molecular complexity index is 290. The summed E-state index contributed by atoms with van der Waals surface area (Å²) in [5, 5.41) is 3.53. The second-order valence-electron chi connectivity index (χ2n) is 1.85. The molecule has 0 aliphatic carbocycles. The van der Waals surface area contributed by atoms with E-state index in [0.717, 1.165) is 11.5 Å². The molecule has 0 fully saturated rings. The van der Waals surface area contributed by atoms with E-state index >= 15 is 0 Å². The minimum absolute atomic E-state index is 0.443. The maximum Gasteiger partial charge on any atom is 0.344 e. The van der Waals surface area contributed by atoms with Crippen LogP contribution in [0.2, 0.25) is 0 Å². The second kappa shape index (κ2) is 5.00. The SMILES string of the molecule is CONC(=O)Nc1nc(SC)ns1. The first-order valence-electron chi connectivity index (χ1n) is 3.24. The lowest BCUT2D eigenvalue weighted by Gasteiger charge is -1.99. The first-order valence-corrected chi connectivity index (χ1v) is 5.23. The third-order valence-electron chi connectivity index (χ3n) is 1.01. The topological polar surface area (TPSA) is 76.1 Å². The Balaban J connectivity index is 2.49. The van der Waals surface area contributed by atoms with Gasteiger partial charge in [0.15, 0.2) is 0 Å². The Morgan fingerprint density at radius 3 is 3.00 bits per heavy atom. The maximum absolute atomic E-state index is 10.9. The van der Waals surface area contributed by atoms with Crippen molar-refractivity contribution in [1.82, 2.24) is 14.8 Å².